The molecule has 100 valence electrons. The highest BCUT2D eigenvalue weighted by Gasteiger charge is 2.03. The number of benzene rings is 1. The summed E-state index contributed by atoms with van der Waals surface area (Å²) in [5.41, 5.74) is 1.05. The van der Waals surface area contributed by atoms with E-state index in [1.54, 1.807) is 0 Å². The topological polar surface area (TPSA) is 41.5 Å². The molecule has 0 saturated heterocycles. The number of hydrogen-bond donors (Lipinski definition) is 2. The van der Waals surface area contributed by atoms with Gasteiger partial charge in [-0.2, -0.15) is 0 Å². The van der Waals surface area contributed by atoms with Gasteiger partial charge in [0.1, 0.15) is 0 Å². The van der Waals surface area contributed by atoms with Gasteiger partial charge in [0.05, 0.1) is 19.3 Å². The predicted octanol–water partition coefficient (Wildman–Crippen LogP) is 2.38. The summed E-state index contributed by atoms with van der Waals surface area (Å²) in [4.78, 5) is 0. The summed E-state index contributed by atoms with van der Waals surface area (Å²) in [6.07, 6.45) is 2.26. The van der Waals surface area contributed by atoms with Crippen LogP contribution in [0.25, 0.3) is 0 Å². The van der Waals surface area contributed by atoms with Gasteiger partial charge in [-0.1, -0.05) is 29.8 Å². The second-order valence-corrected chi connectivity index (χ2v) is 4.51. The molecule has 0 amide bonds. The molecule has 4 heteroatoms. The van der Waals surface area contributed by atoms with Crippen LogP contribution in [-0.4, -0.2) is 30.9 Å². The van der Waals surface area contributed by atoms with Crippen LogP contribution in [0, 0.1) is 0 Å². The second-order valence-electron chi connectivity index (χ2n) is 4.08. The third kappa shape index (κ3) is 6.77. The predicted molar refractivity (Wildman–Crippen MR) is 74.8 cm³/mol. The van der Waals surface area contributed by atoms with Crippen LogP contribution in [0.3, 0.4) is 0 Å². The summed E-state index contributed by atoms with van der Waals surface area (Å²) in [6, 6.07) is 7.48. The number of hydrogen-bond acceptors (Lipinski definition) is 3. The summed E-state index contributed by atoms with van der Waals surface area (Å²) in [7, 11) is 0. The van der Waals surface area contributed by atoms with Gasteiger partial charge in [0.2, 0.25) is 0 Å². The maximum Gasteiger partial charge on any atom is 0.0897 e. The molecule has 0 aromatic heterocycles. The lowest BCUT2D eigenvalue weighted by Crippen LogP contribution is -2.30. The molecule has 0 aliphatic heterocycles. The fraction of sp³-hybridized carbons (Fsp3) is 0.429. The van der Waals surface area contributed by atoms with E-state index < -0.39 is 6.10 Å². The minimum atomic E-state index is -0.484. The normalized spacial score (nSPS) is 12.3. The SMILES string of the molecule is C=CCCNCC(O)COCc1ccc(Cl)cc1. The van der Waals surface area contributed by atoms with E-state index >= 15 is 0 Å². The summed E-state index contributed by atoms with van der Waals surface area (Å²) in [6.45, 7) is 5.81. The van der Waals surface area contributed by atoms with Crippen molar-refractivity contribution in [1.82, 2.24) is 5.32 Å². The minimum Gasteiger partial charge on any atom is -0.389 e. The average Bonchev–Trinajstić information content (AvgIpc) is 2.37. The summed E-state index contributed by atoms with van der Waals surface area (Å²) >= 11 is 5.78. The van der Waals surface area contributed by atoms with Crippen LogP contribution < -0.4 is 5.32 Å². The van der Waals surface area contributed by atoms with Crippen molar-refractivity contribution in [2.45, 2.75) is 19.1 Å². The summed E-state index contributed by atoms with van der Waals surface area (Å²) in [5, 5.41) is 13.5. The number of rotatable bonds is 9. The van der Waals surface area contributed by atoms with E-state index in [0.717, 1.165) is 18.5 Å². The van der Waals surface area contributed by atoms with Crippen LogP contribution in [0.1, 0.15) is 12.0 Å². The molecular formula is C14H20ClNO2. The van der Waals surface area contributed by atoms with Gasteiger partial charge in [-0.3, -0.25) is 0 Å². The Morgan fingerprint density at radius 1 is 1.39 bits per heavy atom. The number of aliphatic hydroxyl groups is 1. The zero-order valence-electron chi connectivity index (χ0n) is 10.4. The van der Waals surface area contributed by atoms with Crippen molar-refractivity contribution in [3.63, 3.8) is 0 Å². The lowest BCUT2D eigenvalue weighted by molar-refractivity contribution is 0.0290. The first-order valence-corrected chi connectivity index (χ1v) is 6.42. The monoisotopic (exact) mass is 269 g/mol. The van der Waals surface area contributed by atoms with E-state index in [2.05, 4.69) is 11.9 Å². The third-order valence-corrected chi connectivity index (χ3v) is 2.65. The molecule has 1 rings (SSSR count). The van der Waals surface area contributed by atoms with Gasteiger partial charge in [-0.15, -0.1) is 6.58 Å². The molecular weight excluding hydrogens is 250 g/mol. The molecule has 1 aromatic carbocycles. The maximum absolute atomic E-state index is 9.64. The van der Waals surface area contributed by atoms with E-state index in [-0.39, 0.29) is 0 Å². The van der Waals surface area contributed by atoms with Crippen molar-refractivity contribution < 1.29 is 9.84 Å². The number of nitrogens with one attached hydrogen (secondary N) is 1. The Bertz CT molecular complexity index is 340. The fourth-order valence-electron chi connectivity index (χ4n) is 1.43. The van der Waals surface area contributed by atoms with E-state index in [4.69, 9.17) is 16.3 Å². The Balaban J connectivity index is 2.09. The first-order valence-electron chi connectivity index (χ1n) is 6.04. The van der Waals surface area contributed by atoms with Gasteiger partial charge in [-0.25, -0.2) is 0 Å². The van der Waals surface area contributed by atoms with Gasteiger partial charge in [0, 0.05) is 11.6 Å². The van der Waals surface area contributed by atoms with Crippen molar-refractivity contribution in [1.29, 1.82) is 0 Å². The van der Waals surface area contributed by atoms with Crippen molar-refractivity contribution in [2.24, 2.45) is 0 Å². The van der Waals surface area contributed by atoms with E-state index in [1.807, 2.05) is 30.3 Å². The van der Waals surface area contributed by atoms with Gasteiger partial charge < -0.3 is 15.2 Å². The van der Waals surface area contributed by atoms with Gasteiger partial charge in [0.25, 0.3) is 0 Å². The van der Waals surface area contributed by atoms with Crippen molar-refractivity contribution in [3.05, 3.63) is 47.5 Å². The van der Waals surface area contributed by atoms with Crippen LogP contribution in [0.2, 0.25) is 5.02 Å². The quantitative estimate of drug-likeness (QED) is 0.534. The van der Waals surface area contributed by atoms with E-state index in [0.29, 0.717) is 24.8 Å². The number of aliphatic hydroxyl groups excluding tert-OH is 1. The molecule has 3 nitrogen and oxygen atoms in total. The smallest absolute Gasteiger partial charge is 0.0897 e. The van der Waals surface area contributed by atoms with Gasteiger partial charge >= 0.3 is 0 Å². The van der Waals surface area contributed by atoms with Crippen LogP contribution >= 0.6 is 11.6 Å². The van der Waals surface area contributed by atoms with Crippen LogP contribution in [0.15, 0.2) is 36.9 Å². The Morgan fingerprint density at radius 3 is 2.78 bits per heavy atom. The highest BCUT2D eigenvalue weighted by atomic mass is 35.5. The van der Waals surface area contributed by atoms with E-state index in [1.165, 1.54) is 0 Å². The maximum atomic E-state index is 9.64. The Labute approximate surface area is 113 Å². The average molecular weight is 270 g/mol. The van der Waals surface area contributed by atoms with Crippen molar-refractivity contribution >= 4 is 11.6 Å². The highest BCUT2D eigenvalue weighted by molar-refractivity contribution is 6.30. The first kappa shape index (κ1) is 15.2. The summed E-state index contributed by atoms with van der Waals surface area (Å²) < 4.78 is 5.43. The zero-order chi connectivity index (χ0) is 13.2. The lowest BCUT2D eigenvalue weighted by atomic mass is 10.2. The molecule has 0 radical (unpaired) electrons. The number of halogens is 1. The largest absolute Gasteiger partial charge is 0.389 e. The Hall–Kier alpha value is -0.870. The molecule has 0 aliphatic rings. The standard InChI is InChI=1S/C14H20ClNO2/c1-2-3-8-16-9-14(17)11-18-10-12-4-6-13(15)7-5-12/h2,4-7,14,16-17H,1,3,8-11H2. The van der Waals surface area contributed by atoms with Crippen LogP contribution in [-0.2, 0) is 11.3 Å². The molecule has 0 bridgehead atoms. The molecule has 0 heterocycles. The summed E-state index contributed by atoms with van der Waals surface area (Å²) in [5.74, 6) is 0. The van der Waals surface area contributed by atoms with Crippen molar-refractivity contribution in [2.75, 3.05) is 19.7 Å². The molecule has 0 aliphatic carbocycles. The molecule has 2 N–H and O–H groups in total. The molecule has 0 fully saturated rings. The number of ether oxygens (including phenoxy) is 1. The van der Waals surface area contributed by atoms with E-state index in [9.17, 15) is 5.11 Å². The zero-order valence-corrected chi connectivity index (χ0v) is 11.2. The highest BCUT2D eigenvalue weighted by Crippen LogP contribution is 2.10. The van der Waals surface area contributed by atoms with Crippen LogP contribution in [0.4, 0.5) is 0 Å². The molecule has 18 heavy (non-hydrogen) atoms. The fourth-order valence-corrected chi connectivity index (χ4v) is 1.55. The first-order chi connectivity index (χ1) is 8.72. The molecule has 0 saturated carbocycles. The van der Waals surface area contributed by atoms with Gasteiger partial charge in [0.15, 0.2) is 0 Å². The lowest BCUT2D eigenvalue weighted by Gasteiger charge is -2.12. The molecule has 1 unspecified atom stereocenters. The molecule has 1 atom stereocenters. The minimum absolute atomic E-state index is 0.323. The van der Waals surface area contributed by atoms with Crippen LogP contribution in [0.5, 0.6) is 0 Å². The Kier molecular flexibility index (Phi) is 7.69. The second kappa shape index (κ2) is 9.11. The van der Waals surface area contributed by atoms with Gasteiger partial charge in [-0.05, 0) is 30.7 Å². The third-order valence-electron chi connectivity index (χ3n) is 2.40. The molecule has 0 spiro atoms. The van der Waals surface area contributed by atoms with Crippen molar-refractivity contribution in [3.8, 4) is 0 Å². The molecule has 1 aromatic rings. The Morgan fingerprint density at radius 2 is 2.11 bits per heavy atom.